The summed E-state index contributed by atoms with van der Waals surface area (Å²) in [7, 11) is -1.09. The van der Waals surface area contributed by atoms with Gasteiger partial charge in [0.05, 0.1) is 5.69 Å². The summed E-state index contributed by atoms with van der Waals surface area (Å²) < 4.78 is 7.81. The Hall–Kier alpha value is -0.413. The average Bonchev–Trinajstić information content (AvgIpc) is 2.59. The van der Waals surface area contributed by atoms with E-state index in [1.54, 1.807) is 4.68 Å². The monoisotopic (exact) mass is 396 g/mol. The number of carboxylic acids is 1. The van der Waals surface area contributed by atoms with Crippen molar-refractivity contribution in [1.82, 2.24) is 9.78 Å². The molecule has 0 unspecified atom stereocenters. The number of carbonyl (C=O) groups is 1. The normalized spacial score (nSPS) is 11.8. The van der Waals surface area contributed by atoms with E-state index in [-0.39, 0.29) is 0 Å². The van der Waals surface area contributed by atoms with Crippen molar-refractivity contribution in [2.24, 2.45) is 0 Å². The van der Waals surface area contributed by atoms with Gasteiger partial charge in [-0.1, -0.05) is 26.6 Å². The van der Waals surface area contributed by atoms with Gasteiger partial charge < -0.3 is 9.84 Å². The molecule has 1 aromatic rings. The van der Waals surface area contributed by atoms with Gasteiger partial charge in [0.2, 0.25) is 0 Å². The van der Waals surface area contributed by atoms with Gasteiger partial charge in [-0.3, -0.25) is 0 Å². The fourth-order valence-electron chi connectivity index (χ4n) is 1.67. The third-order valence-corrected chi connectivity index (χ3v) is 5.23. The summed E-state index contributed by atoms with van der Waals surface area (Å²) in [6.07, 6.45) is 0.634. The van der Waals surface area contributed by atoms with Crippen LogP contribution < -0.4 is 0 Å². The van der Waals surface area contributed by atoms with Crippen molar-refractivity contribution in [2.45, 2.75) is 45.8 Å². The maximum absolute atomic E-state index is 11.2. The standard InChI is InChI=1S/C12H21IN2O3Si/c1-5-9-10(12(16)17)11(13)14-15(9)8-18-6-7-19(2,3)4/h5-8H2,1-4H3,(H,16,17). The van der Waals surface area contributed by atoms with Gasteiger partial charge in [0, 0.05) is 14.7 Å². The summed E-state index contributed by atoms with van der Waals surface area (Å²) >= 11 is 1.96. The Labute approximate surface area is 128 Å². The van der Waals surface area contributed by atoms with Crippen LogP contribution in [-0.4, -0.2) is 35.5 Å². The molecule has 0 saturated carbocycles. The summed E-state index contributed by atoms with van der Waals surface area (Å²) in [6.45, 7) is 9.86. The highest BCUT2D eigenvalue weighted by Gasteiger charge is 2.20. The van der Waals surface area contributed by atoms with Crippen LogP contribution in [0.1, 0.15) is 23.0 Å². The molecule has 5 nitrogen and oxygen atoms in total. The van der Waals surface area contributed by atoms with E-state index in [1.165, 1.54) is 0 Å². The predicted molar refractivity (Wildman–Crippen MR) is 85.4 cm³/mol. The van der Waals surface area contributed by atoms with E-state index in [2.05, 4.69) is 24.7 Å². The lowest BCUT2D eigenvalue weighted by Crippen LogP contribution is -2.22. The first-order chi connectivity index (χ1) is 8.76. The Balaban J connectivity index is 2.69. The molecule has 0 atom stereocenters. The van der Waals surface area contributed by atoms with Crippen molar-refractivity contribution >= 4 is 36.6 Å². The Morgan fingerprint density at radius 1 is 1.47 bits per heavy atom. The van der Waals surface area contributed by atoms with Crippen LogP contribution in [0, 0.1) is 3.70 Å². The quantitative estimate of drug-likeness (QED) is 0.437. The minimum absolute atomic E-state index is 0.303. The third kappa shape index (κ3) is 4.88. The molecule has 0 fully saturated rings. The van der Waals surface area contributed by atoms with Crippen LogP contribution in [0.2, 0.25) is 25.7 Å². The maximum atomic E-state index is 11.2. The van der Waals surface area contributed by atoms with E-state index in [1.807, 2.05) is 29.5 Å². The first-order valence-electron chi connectivity index (χ1n) is 6.32. The van der Waals surface area contributed by atoms with E-state index < -0.39 is 14.0 Å². The zero-order chi connectivity index (χ0) is 14.6. The highest BCUT2D eigenvalue weighted by molar-refractivity contribution is 14.1. The van der Waals surface area contributed by atoms with Gasteiger partial charge in [-0.15, -0.1) is 0 Å². The highest BCUT2D eigenvalue weighted by atomic mass is 127. The first kappa shape index (κ1) is 16.6. The van der Waals surface area contributed by atoms with Crippen molar-refractivity contribution in [3.63, 3.8) is 0 Å². The molecule has 1 rings (SSSR count). The van der Waals surface area contributed by atoms with Crippen molar-refractivity contribution in [3.05, 3.63) is 15.0 Å². The zero-order valence-electron chi connectivity index (χ0n) is 11.9. The van der Waals surface area contributed by atoms with Crippen molar-refractivity contribution in [2.75, 3.05) is 6.61 Å². The lowest BCUT2D eigenvalue weighted by molar-refractivity contribution is 0.0688. The molecular weight excluding hydrogens is 375 g/mol. The predicted octanol–water partition coefficient (Wildman–Crippen LogP) is 3.06. The van der Waals surface area contributed by atoms with Crippen molar-refractivity contribution < 1.29 is 14.6 Å². The third-order valence-electron chi connectivity index (χ3n) is 2.77. The Bertz CT molecular complexity index is 455. The summed E-state index contributed by atoms with van der Waals surface area (Å²) in [5.74, 6) is -0.922. The summed E-state index contributed by atoms with van der Waals surface area (Å²) in [4.78, 5) is 11.2. The fraction of sp³-hybridized carbons (Fsp3) is 0.667. The van der Waals surface area contributed by atoms with Gasteiger partial charge in [-0.05, 0) is 35.1 Å². The van der Waals surface area contributed by atoms with Gasteiger partial charge >= 0.3 is 5.97 Å². The number of aromatic nitrogens is 2. The molecule has 1 aromatic heterocycles. The van der Waals surface area contributed by atoms with E-state index in [4.69, 9.17) is 4.74 Å². The molecule has 0 saturated heterocycles. The molecule has 0 spiro atoms. The molecular formula is C12H21IN2O3Si. The molecule has 0 bridgehead atoms. The number of nitrogens with zero attached hydrogens (tertiary/aromatic N) is 2. The Morgan fingerprint density at radius 2 is 2.11 bits per heavy atom. The van der Waals surface area contributed by atoms with Gasteiger partial charge in [0.1, 0.15) is 16.0 Å². The number of halogens is 1. The molecule has 1 heterocycles. The zero-order valence-corrected chi connectivity index (χ0v) is 15.0. The Morgan fingerprint density at radius 3 is 2.58 bits per heavy atom. The van der Waals surface area contributed by atoms with Gasteiger partial charge in [-0.25, -0.2) is 9.48 Å². The fourth-order valence-corrected chi connectivity index (χ4v) is 3.23. The van der Waals surface area contributed by atoms with E-state index in [9.17, 15) is 9.90 Å². The van der Waals surface area contributed by atoms with Crippen LogP contribution in [0.25, 0.3) is 0 Å². The van der Waals surface area contributed by atoms with Gasteiger partial charge in [-0.2, -0.15) is 5.10 Å². The van der Waals surface area contributed by atoms with Crippen LogP contribution in [0.15, 0.2) is 0 Å². The summed E-state index contributed by atoms with van der Waals surface area (Å²) in [6, 6.07) is 1.10. The number of hydrogen-bond donors (Lipinski definition) is 1. The number of carboxylic acid groups (broad SMARTS) is 1. The summed E-state index contributed by atoms with van der Waals surface area (Å²) in [5, 5.41) is 13.4. The molecule has 7 heteroatoms. The number of aromatic carboxylic acids is 1. The van der Waals surface area contributed by atoms with Crippen molar-refractivity contribution in [3.8, 4) is 0 Å². The average molecular weight is 396 g/mol. The first-order valence-corrected chi connectivity index (χ1v) is 11.1. The second kappa shape index (κ2) is 6.85. The highest BCUT2D eigenvalue weighted by Crippen LogP contribution is 2.17. The van der Waals surface area contributed by atoms with E-state index in [0.29, 0.717) is 29.0 Å². The van der Waals surface area contributed by atoms with Crippen LogP contribution >= 0.6 is 22.6 Å². The lowest BCUT2D eigenvalue weighted by Gasteiger charge is -2.15. The topological polar surface area (TPSA) is 64.3 Å². The Kier molecular flexibility index (Phi) is 6.00. The number of hydrogen-bond acceptors (Lipinski definition) is 3. The second-order valence-electron chi connectivity index (χ2n) is 5.62. The molecule has 0 aliphatic heterocycles. The molecule has 0 amide bonds. The van der Waals surface area contributed by atoms with Gasteiger partial charge in [0.25, 0.3) is 0 Å². The van der Waals surface area contributed by atoms with Crippen LogP contribution in [0.3, 0.4) is 0 Å². The molecule has 0 aliphatic rings. The van der Waals surface area contributed by atoms with Gasteiger partial charge in [0.15, 0.2) is 0 Å². The maximum Gasteiger partial charge on any atom is 0.340 e. The minimum atomic E-state index is -1.09. The molecule has 1 N–H and O–H groups in total. The summed E-state index contributed by atoms with van der Waals surface area (Å²) in [5.41, 5.74) is 1.03. The number of ether oxygens (including phenoxy) is 1. The molecule has 0 radical (unpaired) electrons. The van der Waals surface area contributed by atoms with Crippen LogP contribution in [-0.2, 0) is 17.9 Å². The SMILES string of the molecule is CCc1c(C(=O)O)c(I)nn1COCC[Si](C)(C)C. The van der Waals surface area contributed by atoms with Crippen LogP contribution in [0.4, 0.5) is 0 Å². The smallest absolute Gasteiger partial charge is 0.340 e. The molecule has 108 valence electrons. The lowest BCUT2D eigenvalue weighted by atomic mass is 10.2. The molecule has 0 aliphatic carbocycles. The second-order valence-corrected chi connectivity index (χ2v) is 12.3. The largest absolute Gasteiger partial charge is 0.478 e. The minimum Gasteiger partial charge on any atom is -0.478 e. The van der Waals surface area contributed by atoms with E-state index in [0.717, 1.165) is 11.7 Å². The molecule has 0 aromatic carbocycles. The van der Waals surface area contributed by atoms with Crippen molar-refractivity contribution in [1.29, 1.82) is 0 Å². The number of rotatable bonds is 7. The van der Waals surface area contributed by atoms with Crippen LogP contribution in [0.5, 0.6) is 0 Å². The van der Waals surface area contributed by atoms with E-state index >= 15 is 0 Å². The molecule has 19 heavy (non-hydrogen) atoms.